The summed E-state index contributed by atoms with van der Waals surface area (Å²) in [5.74, 6) is 1.08. The normalized spacial score (nSPS) is 10.2. The monoisotopic (exact) mass is 351 g/mol. The molecule has 0 radical (unpaired) electrons. The molecule has 1 aromatic heterocycles. The summed E-state index contributed by atoms with van der Waals surface area (Å²) < 4.78 is 9.97. The second-order valence-corrected chi connectivity index (χ2v) is 5.54. The van der Waals surface area contributed by atoms with Gasteiger partial charge in [0.15, 0.2) is 5.82 Å². The van der Waals surface area contributed by atoms with E-state index in [-0.39, 0.29) is 11.8 Å². The van der Waals surface area contributed by atoms with E-state index in [4.69, 9.17) is 9.26 Å². The Morgan fingerprint density at radius 3 is 2.04 bits per heavy atom. The number of carbonyl (C=O) groups excluding carboxylic acids is 2. The van der Waals surface area contributed by atoms with Crippen LogP contribution in [0.1, 0.15) is 26.5 Å². The summed E-state index contributed by atoms with van der Waals surface area (Å²) in [5, 5.41) is 9.12. The predicted octanol–water partition coefficient (Wildman–Crippen LogP) is 3.50. The molecule has 1 heterocycles. The summed E-state index contributed by atoms with van der Waals surface area (Å²) in [7, 11) is 1.57. The minimum atomic E-state index is -0.314. The second kappa shape index (κ2) is 7.52. The molecule has 0 bridgehead atoms. The lowest BCUT2D eigenvalue weighted by molar-refractivity contribution is 0.101. The maximum atomic E-state index is 12.2. The first-order valence-electron chi connectivity index (χ1n) is 7.85. The number of carbonyl (C=O) groups is 2. The molecule has 0 spiro atoms. The van der Waals surface area contributed by atoms with Crippen molar-refractivity contribution in [2.75, 3.05) is 17.7 Å². The first kappa shape index (κ1) is 17.2. The smallest absolute Gasteiger partial charge is 0.256 e. The number of ether oxygens (including phenoxy) is 1. The highest BCUT2D eigenvalue weighted by Crippen LogP contribution is 2.15. The zero-order valence-corrected chi connectivity index (χ0v) is 14.3. The van der Waals surface area contributed by atoms with Crippen LogP contribution in [0, 0.1) is 6.92 Å². The van der Waals surface area contributed by atoms with Crippen LogP contribution in [0.3, 0.4) is 0 Å². The number of anilines is 2. The molecule has 0 unspecified atom stereocenters. The third-order valence-electron chi connectivity index (χ3n) is 3.63. The quantitative estimate of drug-likeness (QED) is 0.734. The highest BCUT2D eigenvalue weighted by atomic mass is 16.5. The van der Waals surface area contributed by atoms with E-state index in [1.165, 1.54) is 0 Å². The lowest BCUT2D eigenvalue weighted by atomic mass is 10.1. The van der Waals surface area contributed by atoms with E-state index in [0.717, 1.165) is 0 Å². The van der Waals surface area contributed by atoms with Gasteiger partial charge in [-0.05, 0) is 55.5 Å². The number of nitrogens with one attached hydrogen (secondary N) is 2. The Labute approximate surface area is 150 Å². The Bertz CT molecular complexity index is 915. The molecular weight excluding hydrogens is 334 g/mol. The van der Waals surface area contributed by atoms with Gasteiger partial charge < -0.3 is 19.9 Å². The Morgan fingerprint density at radius 1 is 0.923 bits per heavy atom. The van der Waals surface area contributed by atoms with E-state index >= 15 is 0 Å². The van der Waals surface area contributed by atoms with Crippen LogP contribution in [-0.4, -0.2) is 24.1 Å². The summed E-state index contributed by atoms with van der Waals surface area (Å²) in [4.78, 5) is 24.4. The number of hydrogen-bond donors (Lipinski definition) is 2. The topological polar surface area (TPSA) is 93.5 Å². The molecule has 7 nitrogen and oxygen atoms in total. The fourth-order valence-electron chi connectivity index (χ4n) is 2.26. The molecular formula is C19H17N3O4. The van der Waals surface area contributed by atoms with Crippen molar-refractivity contribution >= 4 is 23.3 Å². The number of nitrogens with zero attached hydrogens (tertiary/aromatic N) is 1. The predicted molar refractivity (Wildman–Crippen MR) is 96.6 cm³/mol. The molecule has 26 heavy (non-hydrogen) atoms. The second-order valence-electron chi connectivity index (χ2n) is 5.54. The number of methoxy groups -OCH3 is 1. The number of hydrogen-bond acceptors (Lipinski definition) is 5. The van der Waals surface area contributed by atoms with Gasteiger partial charge in [0, 0.05) is 22.9 Å². The zero-order chi connectivity index (χ0) is 18.5. The van der Waals surface area contributed by atoms with E-state index < -0.39 is 0 Å². The Morgan fingerprint density at radius 2 is 1.50 bits per heavy atom. The average Bonchev–Trinajstić information content (AvgIpc) is 3.07. The molecule has 2 amide bonds. The largest absolute Gasteiger partial charge is 0.497 e. The minimum Gasteiger partial charge on any atom is -0.497 e. The van der Waals surface area contributed by atoms with Gasteiger partial charge in [0.05, 0.1) is 7.11 Å². The summed E-state index contributed by atoms with van der Waals surface area (Å²) in [6.07, 6.45) is 0. The van der Waals surface area contributed by atoms with E-state index in [2.05, 4.69) is 15.8 Å². The van der Waals surface area contributed by atoms with Crippen molar-refractivity contribution in [3.05, 3.63) is 71.5 Å². The molecule has 2 aromatic carbocycles. The molecule has 0 saturated heterocycles. The molecule has 132 valence electrons. The van der Waals surface area contributed by atoms with Gasteiger partial charge in [-0.1, -0.05) is 5.16 Å². The van der Waals surface area contributed by atoms with Crippen molar-refractivity contribution in [1.82, 2.24) is 5.16 Å². The summed E-state index contributed by atoms with van der Waals surface area (Å²) in [6.45, 7) is 1.74. The van der Waals surface area contributed by atoms with Crippen LogP contribution < -0.4 is 15.4 Å². The van der Waals surface area contributed by atoms with Crippen molar-refractivity contribution in [3.63, 3.8) is 0 Å². The third-order valence-corrected chi connectivity index (χ3v) is 3.63. The number of benzene rings is 2. The maximum Gasteiger partial charge on any atom is 0.256 e. The number of aryl methyl sites for hydroxylation is 1. The molecule has 0 aliphatic rings. The molecule has 2 N–H and O–H groups in total. The molecule has 0 atom stereocenters. The van der Waals surface area contributed by atoms with Crippen molar-refractivity contribution in [3.8, 4) is 5.75 Å². The van der Waals surface area contributed by atoms with Crippen molar-refractivity contribution in [2.24, 2.45) is 0 Å². The van der Waals surface area contributed by atoms with Gasteiger partial charge in [0.2, 0.25) is 0 Å². The van der Waals surface area contributed by atoms with Crippen molar-refractivity contribution < 1.29 is 18.8 Å². The summed E-state index contributed by atoms with van der Waals surface area (Å²) in [6, 6.07) is 15.0. The SMILES string of the molecule is COc1ccc(C(=O)Nc2ccc(C(=O)Nc3cc(C)on3)cc2)cc1. The third kappa shape index (κ3) is 4.07. The van der Waals surface area contributed by atoms with Crippen LogP contribution in [0.25, 0.3) is 0 Å². The highest BCUT2D eigenvalue weighted by molar-refractivity contribution is 6.06. The molecule has 0 fully saturated rings. The van der Waals surface area contributed by atoms with E-state index in [9.17, 15) is 9.59 Å². The van der Waals surface area contributed by atoms with Gasteiger partial charge in [-0.2, -0.15) is 0 Å². The van der Waals surface area contributed by atoms with Crippen LogP contribution in [-0.2, 0) is 0 Å². The number of aromatic nitrogens is 1. The van der Waals surface area contributed by atoms with Crippen molar-refractivity contribution in [1.29, 1.82) is 0 Å². The number of rotatable bonds is 5. The lowest BCUT2D eigenvalue weighted by Gasteiger charge is -2.07. The van der Waals surface area contributed by atoms with E-state index in [1.54, 1.807) is 68.6 Å². The van der Waals surface area contributed by atoms with E-state index in [1.807, 2.05) is 0 Å². The van der Waals surface area contributed by atoms with Gasteiger partial charge in [0.1, 0.15) is 11.5 Å². The van der Waals surface area contributed by atoms with Crippen LogP contribution in [0.2, 0.25) is 0 Å². The average molecular weight is 351 g/mol. The van der Waals surface area contributed by atoms with Crippen LogP contribution in [0.15, 0.2) is 59.1 Å². The zero-order valence-electron chi connectivity index (χ0n) is 14.3. The molecule has 3 aromatic rings. The van der Waals surface area contributed by atoms with Crippen LogP contribution in [0.5, 0.6) is 5.75 Å². The molecule has 0 aliphatic heterocycles. The summed E-state index contributed by atoms with van der Waals surface area (Å²) in [5.41, 5.74) is 1.53. The highest BCUT2D eigenvalue weighted by Gasteiger charge is 2.10. The Kier molecular flexibility index (Phi) is 4.98. The van der Waals surface area contributed by atoms with Gasteiger partial charge >= 0.3 is 0 Å². The maximum absolute atomic E-state index is 12.2. The van der Waals surface area contributed by atoms with Crippen LogP contribution >= 0.6 is 0 Å². The molecule has 0 aliphatic carbocycles. The standard InChI is InChI=1S/C19H17N3O4/c1-12-11-17(22-26-12)21-19(24)13-3-7-15(8-4-13)20-18(23)14-5-9-16(25-2)10-6-14/h3-11H,1-2H3,(H,20,23)(H,21,22,24). The fraction of sp³-hybridized carbons (Fsp3) is 0.105. The van der Waals surface area contributed by atoms with Gasteiger partial charge in [-0.25, -0.2) is 0 Å². The lowest BCUT2D eigenvalue weighted by Crippen LogP contribution is -2.13. The fourth-order valence-corrected chi connectivity index (χ4v) is 2.26. The Balaban J connectivity index is 1.63. The Hall–Kier alpha value is -3.61. The van der Waals surface area contributed by atoms with Gasteiger partial charge in [-0.3, -0.25) is 9.59 Å². The first-order valence-corrected chi connectivity index (χ1v) is 7.85. The molecule has 7 heteroatoms. The minimum absolute atomic E-state index is 0.247. The van der Waals surface area contributed by atoms with Crippen LogP contribution in [0.4, 0.5) is 11.5 Å². The summed E-state index contributed by atoms with van der Waals surface area (Å²) >= 11 is 0. The number of amides is 2. The van der Waals surface area contributed by atoms with E-state index in [0.29, 0.717) is 34.1 Å². The molecule has 0 saturated carbocycles. The first-order chi connectivity index (χ1) is 12.5. The van der Waals surface area contributed by atoms with Crippen molar-refractivity contribution in [2.45, 2.75) is 6.92 Å². The molecule has 3 rings (SSSR count). The van der Waals surface area contributed by atoms with Gasteiger partial charge in [0.25, 0.3) is 11.8 Å². The van der Waals surface area contributed by atoms with Gasteiger partial charge in [-0.15, -0.1) is 0 Å².